The lowest BCUT2D eigenvalue weighted by Crippen LogP contribution is -2.25. The molecule has 0 aliphatic carbocycles. The molecule has 0 amide bonds. The summed E-state index contributed by atoms with van der Waals surface area (Å²) in [5.74, 6) is 0.844. The summed E-state index contributed by atoms with van der Waals surface area (Å²) in [5, 5.41) is 9.69. The van der Waals surface area contributed by atoms with E-state index >= 15 is 0 Å². The average Bonchev–Trinajstić information content (AvgIpc) is 2.46. The second-order valence-corrected chi connectivity index (χ2v) is 4.79. The van der Waals surface area contributed by atoms with E-state index in [1.807, 2.05) is 31.2 Å². The molecule has 0 radical (unpaired) electrons. The standard InChI is InChI=1S/C15H22O3/c1-2-15(16)12-6-8-13(9-7-12)18-11-14-5-3-4-10-17-14/h6-9,14-16H,2-5,10-11H2,1H3/t14?,15-/m1/s1. The summed E-state index contributed by atoms with van der Waals surface area (Å²) in [6.45, 7) is 3.45. The minimum Gasteiger partial charge on any atom is -0.491 e. The molecule has 1 saturated heterocycles. The SMILES string of the molecule is CC[C@@H](O)c1ccc(OCC2CCCCO2)cc1. The first-order chi connectivity index (χ1) is 8.79. The van der Waals surface area contributed by atoms with Gasteiger partial charge < -0.3 is 14.6 Å². The van der Waals surface area contributed by atoms with Crippen molar-refractivity contribution in [2.45, 2.75) is 44.8 Å². The summed E-state index contributed by atoms with van der Waals surface area (Å²) < 4.78 is 11.3. The molecule has 0 spiro atoms. The molecule has 1 aromatic rings. The molecule has 2 rings (SSSR count). The van der Waals surface area contributed by atoms with Crippen LogP contribution < -0.4 is 4.74 Å². The Morgan fingerprint density at radius 2 is 2.11 bits per heavy atom. The lowest BCUT2D eigenvalue weighted by Gasteiger charge is -2.22. The minimum atomic E-state index is -0.374. The number of benzene rings is 1. The molecular weight excluding hydrogens is 228 g/mol. The van der Waals surface area contributed by atoms with Crippen LogP contribution in [0.3, 0.4) is 0 Å². The Hall–Kier alpha value is -1.06. The number of aliphatic hydroxyl groups excluding tert-OH is 1. The second kappa shape index (κ2) is 6.76. The van der Waals surface area contributed by atoms with Crippen molar-refractivity contribution in [3.63, 3.8) is 0 Å². The van der Waals surface area contributed by atoms with E-state index in [0.717, 1.165) is 30.8 Å². The van der Waals surface area contributed by atoms with Crippen molar-refractivity contribution in [2.75, 3.05) is 13.2 Å². The third-order valence-electron chi connectivity index (χ3n) is 3.36. The van der Waals surface area contributed by atoms with Crippen LogP contribution in [0.5, 0.6) is 5.75 Å². The van der Waals surface area contributed by atoms with Crippen molar-refractivity contribution < 1.29 is 14.6 Å². The lowest BCUT2D eigenvalue weighted by molar-refractivity contribution is -0.0110. The van der Waals surface area contributed by atoms with Crippen molar-refractivity contribution >= 4 is 0 Å². The van der Waals surface area contributed by atoms with Crippen molar-refractivity contribution in [3.05, 3.63) is 29.8 Å². The van der Waals surface area contributed by atoms with Gasteiger partial charge in [0.05, 0.1) is 12.2 Å². The van der Waals surface area contributed by atoms with Crippen molar-refractivity contribution in [1.29, 1.82) is 0 Å². The van der Waals surface area contributed by atoms with Gasteiger partial charge in [-0.2, -0.15) is 0 Å². The maximum absolute atomic E-state index is 9.69. The highest BCUT2D eigenvalue weighted by molar-refractivity contribution is 5.28. The fourth-order valence-corrected chi connectivity index (χ4v) is 2.15. The fourth-order valence-electron chi connectivity index (χ4n) is 2.15. The lowest BCUT2D eigenvalue weighted by atomic mass is 10.1. The normalized spacial score (nSPS) is 21.6. The predicted octanol–water partition coefficient (Wildman–Crippen LogP) is 3.08. The van der Waals surface area contributed by atoms with E-state index in [1.165, 1.54) is 12.8 Å². The van der Waals surface area contributed by atoms with E-state index in [-0.39, 0.29) is 12.2 Å². The smallest absolute Gasteiger partial charge is 0.119 e. The topological polar surface area (TPSA) is 38.7 Å². The van der Waals surface area contributed by atoms with Gasteiger partial charge in [0.1, 0.15) is 12.4 Å². The van der Waals surface area contributed by atoms with Gasteiger partial charge >= 0.3 is 0 Å². The summed E-state index contributed by atoms with van der Waals surface area (Å²) in [6, 6.07) is 7.67. The fraction of sp³-hybridized carbons (Fsp3) is 0.600. The van der Waals surface area contributed by atoms with Crippen molar-refractivity contribution in [1.82, 2.24) is 0 Å². The van der Waals surface area contributed by atoms with Crippen LogP contribution in [0.2, 0.25) is 0 Å². The highest BCUT2D eigenvalue weighted by atomic mass is 16.5. The van der Waals surface area contributed by atoms with Gasteiger partial charge in [-0.1, -0.05) is 19.1 Å². The Morgan fingerprint density at radius 3 is 2.72 bits per heavy atom. The van der Waals surface area contributed by atoms with Crippen LogP contribution in [0.1, 0.15) is 44.3 Å². The third-order valence-corrected chi connectivity index (χ3v) is 3.36. The van der Waals surface area contributed by atoms with Gasteiger partial charge in [0.25, 0.3) is 0 Å². The first kappa shape index (κ1) is 13.4. The maximum atomic E-state index is 9.69. The first-order valence-corrected chi connectivity index (χ1v) is 6.82. The molecule has 0 aromatic heterocycles. The molecule has 1 fully saturated rings. The van der Waals surface area contributed by atoms with Gasteiger partial charge in [0, 0.05) is 6.61 Å². The van der Waals surface area contributed by atoms with Crippen LogP contribution in [0.4, 0.5) is 0 Å². The van der Waals surface area contributed by atoms with Crippen LogP contribution in [0.25, 0.3) is 0 Å². The van der Waals surface area contributed by atoms with Crippen molar-refractivity contribution in [2.24, 2.45) is 0 Å². The number of ether oxygens (including phenoxy) is 2. The van der Waals surface area contributed by atoms with E-state index in [0.29, 0.717) is 6.61 Å². The Morgan fingerprint density at radius 1 is 1.33 bits per heavy atom. The van der Waals surface area contributed by atoms with Gasteiger partial charge in [-0.15, -0.1) is 0 Å². The van der Waals surface area contributed by atoms with Crippen LogP contribution in [-0.2, 0) is 4.74 Å². The molecule has 2 atom stereocenters. The molecule has 1 aromatic carbocycles. The molecule has 1 heterocycles. The van der Waals surface area contributed by atoms with E-state index < -0.39 is 0 Å². The number of hydrogen-bond acceptors (Lipinski definition) is 3. The minimum absolute atomic E-state index is 0.236. The molecule has 1 unspecified atom stereocenters. The van der Waals surface area contributed by atoms with Crippen LogP contribution in [-0.4, -0.2) is 24.4 Å². The zero-order valence-corrected chi connectivity index (χ0v) is 11.0. The van der Waals surface area contributed by atoms with Gasteiger partial charge in [-0.3, -0.25) is 0 Å². The molecule has 3 nitrogen and oxygen atoms in total. The molecule has 3 heteroatoms. The monoisotopic (exact) mass is 250 g/mol. The zero-order chi connectivity index (χ0) is 12.8. The average molecular weight is 250 g/mol. The Labute approximate surface area is 109 Å². The van der Waals surface area contributed by atoms with E-state index in [2.05, 4.69) is 0 Å². The molecule has 18 heavy (non-hydrogen) atoms. The number of rotatable bonds is 5. The number of hydrogen-bond donors (Lipinski definition) is 1. The van der Waals surface area contributed by atoms with Gasteiger partial charge in [0.15, 0.2) is 0 Å². The van der Waals surface area contributed by atoms with E-state index in [9.17, 15) is 5.11 Å². The first-order valence-electron chi connectivity index (χ1n) is 6.82. The quantitative estimate of drug-likeness (QED) is 0.872. The summed E-state index contributed by atoms with van der Waals surface area (Å²) >= 11 is 0. The number of aliphatic hydroxyl groups is 1. The van der Waals surface area contributed by atoms with Gasteiger partial charge in [-0.05, 0) is 43.4 Å². The molecule has 0 bridgehead atoms. The van der Waals surface area contributed by atoms with Gasteiger partial charge in [-0.25, -0.2) is 0 Å². The van der Waals surface area contributed by atoms with Crippen LogP contribution in [0, 0.1) is 0 Å². The van der Waals surface area contributed by atoms with Gasteiger partial charge in [0.2, 0.25) is 0 Å². The van der Waals surface area contributed by atoms with E-state index in [4.69, 9.17) is 9.47 Å². The highest BCUT2D eigenvalue weighted by Crippen LogP contribution is 2.21. The molecule has 1 aliphatic rings. The van der Waals surface area contributed by atoms with Crippen molar-refractivity contribution in [3.8, 4) is 5.75 Å². The molecule has 1 N–H and O–H groups in total. The third kappa shape index (κ3) is 3.72. The summed E-state index contributed by atoms with van der Waals surface area (Å²) in [7, 11) is 0. The zero-order valence-electron chi connectivity index (χ0n) is 11.0. The maximum Gasteiger partial charge on any atom is 0.119 e. The predicted molar refractivity (Wildman–Crippen MR) is 70.8 cm³/mol. The highest BCUT2D eigenvalue weighted by Gasteiger charge is 2.14. The second-order valence-electron chi connectivity index (χ2n) is 4.79. The summed E-state index contributed by atoms with van der Waals surface area (Å²) in [5.41, 5.74) is 0.943. The molecule has 0 saturated carbocycles. The largest absolute Gasteiger partial charge is 0.491 e. The van der Waals surface area contributed by atoms with E-state index in [1.54, 1.807) is 0 Å². The Bertz CT molecular complexity index is 341. The summed E-state index contributed by atoms with van der Waals surface area (Å²) in [4.78, 5) is 0. The Kier molecular flexibility index (Phi) is 5.02. The van der Waals surface area contributed by atoms with Crippen LogP contribution in [0.15, 0.2) is 24.3 Å². The van der Waals surface area contributed by atoms with Crippen LogP contribution >= 0.6 is 0 Å². The molecule has 100 valence electrons. The Balaban J connectivity index is 1.82. The molecule has 1 aliphatic heterocycles. The summed E-state index contributed by atoms with van der Waals surface area (Å²) in [6.07, 6.45) is 4.08. The molecular formula is C15H22O3.